The van der Waals surface area contributed by atoms with Gasteiger partial charge in [-0.3, -0.25) is 19.3 Å². The van der Waals surface area contributed by atoms with E-state index < -0.39 is 0 Å². The first-order valence-electron chi connectivity index (χ1n) is 10.9. The lowest BCUT2D eigenvalue weighted by Crippen LogP contribution is -2.66. The number of carbonyl (C=O) groups is 3. The standard InChI is InChI=1S/C23H25N3O3/c27-21-15-6-1-2-7-16(15)22(28)26(21)19-10-9-18-17-8-4-12-24-11-3-5-14(20(17)24)13-25(18)23(19)29/h1-2,6-7,10,14,17-18,20H,3-5,8-9,11-13H2/t14-,17+,18+,20-/m0/s1. The smallest absolute Gasteiger partial charge is 0.271 e. The van der Waals surface area contributed by atoms with Gasteiger partial charge < -0.3 is 4.90 Å². The van der Waals surface area contributed by atoms with Crippen molar-refractivity contribution < 1.29 is 14.4 Å². The molecular weight excluding hydrogens is 366 g/mol. The molecule has 0 saturated carbocycles. The number of hydrogen-bond acceptors (Lipinski definition) is 4. The fraction of sp³-hybridized carbons (Fsp3) is 0.522. The van der Waals surface area contributed by atoms with Crippen LogP contribution in [0.4, 0.5) is 0 Å². The maximum atomic E-state index is 13.5. The van der Waals surface area contributed by atoms with Gasteiger partial charge in [0.05, 0.1) is 11.1 Å². The molecule has 5 aliphatic heterocycles. The molecule has 0 aromatic heterocycles. The third-order valence-electron chi connectivity index (χ3n) is 7.74. The summed E-state index contributed by atoms with van der Waals surface area (Å²) in [7, 11) is 0. The van der Waals surface area contributed by atoms with E-state index in [1.807, 2.05) is 11.0 Å². The second-order valence-corrected chi connectivity index (χ2v) is 9.08. The lowest BCUT2D eigenvalue weighted by Gasteiger charge is -2.58. The van der Waals surface area contributed by atoms with Crippen LogP contribution in [-0.2, 0) is 4.79 Å². The highest BCUT2D eigenvalue weighted by atomic mass is 16.2. The molecule has 0 aliphatic carbocycles. The molecule has 3 amide bonds. The van der Waals surface area contributed by atoms with Gasteiger partial charge >= 0.3 is 0 Å². The predicted octanol–water partition coefficient (Wildman–Crippen LogP) is 2.27. The highest BCUT2D eigenvalue weighted by molar-refractivity contribution is 6.25. The quantitative estimate of drug-likeness (QED) is 0.689. The van der Waals surface area contributed by atoms with Gasteiger partial charge in [0.2, 0.25) is 0 Å². The van der Waals surface area contributed by atoms with Crippen molar-refractivity contribution in [3.8, 4) is 0 Å². The first kappa shape index (κ1) is 17.4. The van der Waals surface area contributed by atoms with E-state index in [4.69, 9.17) is 0 Å². The largest absolute Gasteiger partial charge is 0.333 e. The Balaban J connectivity index is 1.34. The normalized spacial score (nSPS) is 33.9. The van der Waals surface area contributed by atoms with Crippen LogP contribution in [0.5, 0.6) is 0 Å². The summed E-state index contributed by atoms with van der Waals surface area (Å²) in [6.07, 6.45) is 7.31. The van der Waals surface area contributed by atoms with Crippen molar-refractivity contribution in [2.45, 2.75) is 44.2 Å². The molecule has 5 aliphatic rings. The molecule has 4 atom stereocenters. The third kappa shape index (κ3) is 2.35. The fourth-order valence-electron chi connectivity index (χ4n) is 6.59. The zero-order valence-corrected chi connectivity index (χ0v) is 16.4. The van der Waals surface area contributed by atoms with E-state index in [1.54, 1.807) is 24.3 Å². The van der Waals surface area contributed by atoms with E-state index in [1.165, 1.54) is 38.8 Å². The Labute approximate surface area is 170 Å². The molecule has 29 heavy (non-hydrogen) atoms. The maximum absolute atomic E-state index is 13.5. The highest BCUT2D eigenvalue weighted by Gasteiger charge is 2.52. The Morgan fingerprint density at radius 2 is 1.55 bits per heavy atom. The topological polar surface area (TPSA) is 60.9 Å². The Morgan fingerprint density at radius 3 is 2.28 bits per heavy atom. The number of fused-ring (bicyclic) bond motifs is 3. The molecule has 0 N–H and O–H groups in total. The first-order chi connectivity index (χ1) is 14.1. The predicted molar refractivity (Wildman–Crippen MR) is 106 cm³/mol. The molecule has 150 valence electrons. The molecule has 0 unspecified atom stereocenters. The van der Waals surface area contributed by atoms with Crippen LogP contribution in [0.3, 0.4) is 0 Å². The molecule has 6 nitrogen and oxygen atoms in total. The molecule has 1 aromatic carbocycles. The van der Waals surface area contributed by atoms with E-state index in [-0.39, 0.29) is 29.5 Å². The van der Waals surface area contributed by atoms with Gasteiger partial charge in [0.15, 0.2) is 0 Å². The van der Waals surface area contributed by atoms with Crippen LogP contribution in [0, 0.1) is 11.8 Å². The summed E-state index contributed by atoms with van der Waals surface area (Å²) in [6, 6.07) is 7.63. The number of amides is 3. The Hall–Kier alpha value is -2.47. The van der Waals surface area contributed by atoms with Crippen LogP contribution >= 0.6 is 0 Å². The molecule has 3 saturated heterocycles. The van der Waals surface area contributed by atoms with Crippen molar-refractivity contribution in [3.05, 3.63) is 47.2 Å². The number of hydrogen-bond donors (Lipinski definition) is 0. The fourth-order valence-corrected chi connectivity index (χ4v) is 6.59. The van der Waals surface area contributed by atoms with Gasteiger partial charge in [-0.05, 0) is 69.2 Å². The van der Waals surface area contributed by atoms with Crippen molar-refractivity contribution in [2.24, 2.45) is 11.8 Å². The third-order valence-corrected chi connectivity index (χ3v) is 7.74. The van der Waals surface area contributed by atoms with E-state index in [0.717, 1.165) is 17.9 Å². The summed E-state index contributed by atoms with van der Waals surface area (Å²) < 4.78 is 0. The molecule has 6 rings (SSSR count). The molecule has 6 heteroatoms. The van der Waals surface area contributed by atoms with Crippen LogP contribution < -0.4 is 0 Å². The molecule has 5 heterocycles. The Kier molecular flexibility index (Phi) is 3.76. The van der Waals surface area contributed by atoms with Crippen LogP contribution in [-0.4, -0.2) is 64.1 Å². The number of imide groups is 1. The van der Waals surface area contributed by atoms with Gasteiger partial charge in [-0.15, -0.1) is 0 Å². The number of rotatable bonds is 1. The van der Waals surface area contributed by atoms with Gasteiger partial charge in [-0.1, -0.05) is 18.2 Å². The Bertz CT molecular complexity index is 917. The molecule has 1 aromatic rings. The highest BCUT2D eigenvalue weighted by Crippen LogP contribution is 2.45. The van der Waals surface area contributed by atoms with Crippen molar-refractivity contribution in [1.82, 2.24) is 14.7 Å². The second-order valence-electron chi connectivity index (χ2n) is 9.08. The van der Waals surface area contributed by atoms with Gasteiger partial charge in [-0.25, -0.2) is 4.90 Å². The molecule has 0 bridgehead atoms. The summed E-state index contributed by atoms with van der Waals surface area (Å²) in [6.45, 7) is 3.13. The van der Waals surface area contributed by atoms with E-state index in [2.05, 4.69) is 4.90 Å². The van der Waals surface area contributed by atoms with Crippen LogP contribution in [0.1, 0.15) is 52.8 Å². The monoisotopic (exact) mass is 391 g/mol. The maximum Gasteiger partial charge on any atom is 0.271 e. The van der Waals surface area contributed by atoms with Crippen LogP contribution in [0.2, 0.25) is 0 Å². The minimum Gasteiger partial charge on any atom is -0.333 e. The molecule has 3 fully saturated rings. The Morgan fingerprint density at radius 1 is 0.862 bits per heavy atom. The van der Waals surface area contributed by atoms with Gasteiger partial charge in [0.25, 0.3) is 17.7 Å². The first-order valence-corrected chi connectivity index (χ1v) is 10.9. The second kappa shape index (κ2) is 6.26. The van der Waals surface area contributed by atoms with Gasteiger partial charge in [0.1, 0.15) is 5.70 Å². The molecule has 0 radical (unpaired) electrons. The van der Waals surface area contributed by atoms with Gasteiger partial charge in [0, 0.05) is 18.6 Å². The summed E-state index contributed by atoms with van der Waals surface area (Å²) in [4.78, 5) is 45.1. The number of nitrogens with zero attached hydrogens (tertiary/aromatic N) is 3. The lowest BCUT2D eigenvalue weighted by molar-refractivity contribution is -0.144. The molecular formula is C23H25N3O3. The van der Waals surface area contributed by atoms with Crippen LogP contribution in [0.15, 0.2) is 36.0 Å². The summed E-state index contributed by atoms with van der Waals surface area (Å²) >= 11 is 0. The summed E-state index contributed by atoms with van der Waals surface area (Å²) in [5, 5.41) is 0. The lowest BCUT2D eigenvalue weighted by atomic mass is 9.68. The summed E-state index contributed by atoms with van der Waals surface area (Å²) in [5.41, 5.74) is 1.04. The zero-order valence-electron chi connectivity index (χ0n) is 16.4. The molecule has 0 spiro atoms. The van der Waals surface area contributed by atoms with Crippen molar-refractivity contribution in [2.75, 3.05) is 19.6 Å². The zero-order chi connectivity index (χ0) is 19.7. The van der Waals surface area contributed by atoms with E-state index in [0.29, 0.717) is 29.0 Å². The van der Waals surface area contributed by atoms with Crippen molar-refractivity contribution >= 4 is 17.7 Å². The van der Waals surface area contributed by atoms with Crippen LogP contribution in [0.25, 0.3) is 0 Å². The summed E-state index contributed by atoms with van der Waals surface area (Å²) in [5.74, 6) is 0.125. The minimum atomic E-state index is -0.375. The van der Waals surface area contributed by atoms with E-state index in [9.17, 15) is 14.4 Å². The average molecular weight is 391 g/mol. The van der Waals surface area contributed by atoms with Crippen molar-refractivity contribution in [3.63, 3.8) is 0 Å². The SMILES string of the molecule is O=C1c2ccccc2C(=O)N1C1=CC[C@@H]2[C@H]3CCCN4CCC[C@@H](CN2C1=O)[C@@H]34. The number of carbonyl (C=O) groups excluding carboxylic acids is 3. The average Bonchev–Trinajstić information content (AvgIpc) is 3.00. The van der Waals surface area contributed by atoms with E-state index >= 15 is 0 Å². The number of benzene rings is 1. The number of piperidine rings is 3. The van der Waals surface area contributed by atoms with Crippen molar-refractivity contribution in [1.29, 1.82) is 0 Å². The van der Waals surface area contributed by atoms with Gasteiger partial charge in [-0.2, -0.15) is 0 Å². The minimum absolute atomic E-state index is 0.142.